The van der Waals surface area contributed by atoms with Gasteiger partial charge in [0.05, 0.1) is 11.7 Å². The van der Waals surface area contributed by atoms with Crippen LogP contribution in [0.1, 0.15) is 11.4 Å². The van der Waals surface area contributed by atoms with E-state index in [9.17, 15) is 0 Å². The van der Waals surface area contributed by atoms with Crippen LogP contribution in [0.3, 0.4) is 0 Å². The van der Waals surface area contributed by atoms with Crippen LogP contribution in [0.4, 0.5) is 0 Å². The molecule has 0 aliphatic heterocycles. The van der Waals surface area contributed by atoms with Gasteiger partial charge in [0.15, 0.2) is 0 Å². The number of pyridine rings is 1. The number of halogens is 1. The average molecular weight is 243 g/mol. The number of hydrogen-bond donors (Lipinski definition) is 0. The number of benzene rings is 1. The molecular formula is C14H11ClN2. The highest BCUT2D eigenvalue weighted by Crippen LogP contribution is 2.18. The van der Waals surface area contributed by atoms with Crippen molar-refractivity contribution in [2.75, 3.05) is 0 Å². The van der Waals surface area contributed by atoms with E-state index in [2.05, 4.69) is 9.38 Å². The molecule has 0 amide bonds. The van der Waals surface area contributed by atoms with Crippen LogP contribution in [0.25, 0.3) is 5.52 Å². The smallest absolute Gasteiger partial charge is 0.117 e. The van der Waals surface area contributed by atoms with E-state index in [0.29, 0.717) is 0 Å². The summed E-state index contributed by atoms with van der Waals surface area (Å²) in [6, 6.07) is 13.9. The lowest BCUT2D eigenvalue weighted by Crippen LogP contribution is -1.96. The van der Waals surface area contributed by atoms with Gasteiger partial charge in [-0.1, -0.05) is 35.9 Å². The van der Waals surface area contributed by atoms with Gasteiger partial charge in [0.25, 0.3) is 0 Å². The second-order valence-electron chi connectivity index (χ2n) is 3.94. The summed E-state index contributed by atoms with van der Waals surface area (Å²) < 4.78 is 2.09. The third-order valence-corrected chi connectivity index (χ3v) is 3.19. The lowest BCUT2D eigenvalue weighted by Gasteiger charge is -2.03. The minimum atomic E-state index is 0.748. The van der Waals surface area contributed by atoms with Gasteiger partial charge in [0, 0.05) is 17.6 Å². The van der Waals surface area contributed by atoms with Crippen molar-refractivity contribution >= 4 is 17.1 Å². The van der Waals surface area contributed by atoms with E-state index in [1.165, 1.54) is 0 Å². The Balaban J connectivity index is 2.03. The van der Waals surface area contributed by atoms with E-state index in [1.807, 2.05) is 54.9 Å². The first kappa shape index (κ1) is 10.4. The molecule has 0 radical (unpaired) electrons. The molecule has 0 unspecified atom stereocenters. The van der Waals surface area contributed by atoms with Crippen LogP contribution in [0.5, 0.6) is 0 Å². The van der Waals surface area contributed by atoms with Gasteiger partial charge >= 0.3 is 0 Å². The number of imidazole rings is 1. The van der Waals surface area contributed by atoms with Gasteiger partial charge in [-0.05, 0) is 23.8 Å². The molecule has 0 aliphatic carbocycles. The van der Waals surface area contributed by atoms with Crippen LogP contribution in [0.2, 0.25) is 5.02 Å². The van der Waals surface area contributed by atoms with E-state index in [-0.39, 0.29) is 0 Å². The van der Waals surface area contributed by atoms with Crippen molar-refractivity contribution in [1.29, 1.82) is 0 Å². The average Bonchev–Trinajstić information content (AvgIpc) is 2.76. The molecule has 0 fully saturated rings. The van der Waals surface area contributed by atoms with E-state index in [0.717, 1.165) is 28.3 Å². The highest BCUT2D eigenvalue weighted by Gasteiger charge is 2.06. The van der Waals surface area contributed by atoms with Crippen LogP contribution >= 0.6 is 11.6 Å². The Bertz CT molecular complexity index is 658. The summed E-state index contributed by atoms with van der Waals surface area (Å²) in [5, 5.41) is 0.792. The molecule has 2 nitrogen and oxygen atoms in total. The molecule has 2 aromatic heterocycles. The van der Waals surface area contributed by atoms with Gasteiger partial charge in [0.1, 0.15) is 5.82 Å². The topological polar surface area (TPSA) is 17.3 Å². The van der Waals surface area contributed by atoms with Crippen LogP contribution in [0, 0.1) is 0 Å². The van der Waals surface area contributed by atoms with Crippen molar-refractivity contribution in [3.8, 4) is 0 Å². The summed E-state index contributed by atoms with van der Waals surface area (Å²) >= 11 is 6.16. The molecule has 3 heteroatoms. The van der Waals surface area contributed by atoms with Crippen LogP contribution in [-0.2, 0) is 6.42 Å². The normalized spacial score (nSPS) is 10.9. The molecule has 0 atom stereocenters. The molecule has 1 aromatic carbocycles. The van der Waals surface area contributed by atoms with Crippen LogP contribution in [0.15, 0.2) is 54.9 Å². The molecule has 0 bridgehead atoms. The molecule has 0 saturated carbocycles. The monoisotopic (exact) mass is 242 g/mol. The molecule has 84 valence electrons. The quantitative estimate of drug-likeness (QED) is 0.672. The number of nitrogens with zero attached hydrogens (tertiary/aromatic N) is 2. The fourth-order valence-electron chi connectivity index (χ4n) is 1.94. The standard InChI is InChI=1S/C14H11ClN2/c15-13-7-2-1-5-11(13)9-14-16-10-12-6-3-4-8-17(12)14/h1-8,10H,9H2. The molecule has 0 N–H and O–H groups in total. The van der Waals surface area contributed by atoms with Crippen molar-refractivity contribution in [2.24, 2.45) is 0 Å². The Kier molecular flexibility index (Phi) is 2.57. The Morgan fingerprint density at radius 2 is 1.88 bits per heavy atom. The lowest BCUT2D eigenvalue weighted by molar-refractivity contribution is 0.962. The summed E-state index contributed by atoms with van der Waals surface area (Å²) in [5.74, 6) is 1.01. The number of rotatable bonds is 2. The summed E-state index contributed by atoms with van der Waals surface area (Å²) in [7, 11) is 0. The van der Waals surface area contributed by atoms with Gasteiger partial charge in [-0.15, -0.1) is 0 Å². The van der Waals surface area contributed by atoms with Crippen molar-refractivity contribution in [3.63, 3.8) is 0 Å². The molecule has 0 aliphatic rings. The van der Waals surface area contributed by atoms with Crippen molar-refractivity contribution in [3.05, 3.63) is 71.3 Å². The third kappa shape index (κ3) is 1.92. The Labute approximate surface area is 104 Å². The molecular weight excluding hydrogens is 232 g/mol. The molecule has 0 saturated heterocycles. The zero-order chi connectivity index (χ0) is 11.7. The minimum Gasteiger partial charge on any atom is -0.303 e. The molecule has 3 rings (SSSR count). The fourth-order valence-corrected chi connectivity index (χ4v) is 2.14. The first-order valence-electron chi connectivity index (χ1n) is 5.49. The van der Waals surface area contributed by atoms with Gasteiger partial charge in [-0.2, -0.15) is 0 Å². The number of hydrogen-bond acceptors (Lipinski definition) is 1. The van der Waals surface area contributed by atoms with E-state index in [4.69, 9.17) is 11.6 Å². The van der Waals surface area contributed by atoms with Crippen LogP contribution in [-0.4, -0.2) is 9.38 Å². The summed E-state index contributed by atoms with van der Waals surface area (Å²) in [6.45, 7) is 0. The predicted molar refractivity (Wildman–Crippen MR) is 69.5 cm³/mol. The maximum atomic E-state index is 6.16. The third-order valence-electron chi connectivity index (χ3n) is 2.82. The van der Waals surface area contributed by atoms with Crippen LogP contribution < -0.4 is 0 Å². The van der Waals surface area contributed by atoms with Gasteiger partial charge in [-0.3, -0.25) is 0 Å². The maximum Gasteiger partial charge on any atom is 0.117 e. The van der Waals surface area contributed by atoms with Crippen molar-refractivity contribution in [2.45, 2.75) is 6.42 Å². The Morgan fingerprint density at radius 3 is 2.76 bits per heavy atom. The SMILES string of the molecule is Clc1ccccc1Cc1ncc2ccccn12. The lowest BCUT2D eigenvalue weighted by atomic mass is 10.1. The zero-order valence-corrected chi connectivity index (χ0v) is 9.93. The van der Waals surface area contributed by atoms with Gasteiger partial charge in [0.2, 0.25) is 0 Å². The number of aromatic nitrogens is 2. The van der Waals surface area contributed by atoms with E-state index >= 15 is 0 Å². The van der Waals surface area contributed by atoms with Gasteiger partial charge in [-0.25, -0.2) is 4.98 Å². The Morgan fingerprint density at radius 1 is 1.06 bits per heavy atom. The van der Waals surface area contributed by atoms with Crippen molar-refractivity contribution in [1.82, 2.24) is 9.38 Å². The van der Waals surface area contributed by atoms with Crippen molar-refractivity contribution < 1.29 is 0 Å². The molecule has 0 spiro atoms. The second kappa shape index (κ2) is 4.22. The largest absolute Gasteiger partial charge is 0.303 e. The Hall–Kier alpha value is -1.80. The maximum absolute atomic E-state index is 6.16. The second-order valence-corrected chi connectivity index (χ2v) is 4.35. The molecule has 2 heterocycles. The highest BCUT2D eigenvalue weighted by molar-refractivity contribution is 6.31. The first-order valence-corrected chi connectivity index (χ1v) is 5.87. The first-order chi connectivity index (χ1) is 8.34. The summed E-state index contributed by atoms with van der Waals surface area (Å²) in [6.07, 6.45) is 4.65. The van der Waals surface area contributed by atoms with E-state index in [1.54, 1.807) is 0 Å². The van der Waals surface area contributed by atoms with Gasteiger partial charge < -0.3 is 4.40 Å². The fraction of sp³-hybridized carbons (Fsp3) is 0.0714. The summed E-state index contributed by atoms with van der Waals surface area (Å²) in [4.78, 5) is 4.44. The minimum absolute atomic E-state index is 0.748. The van der Waals surface area contributed by atoms with E-state index < -0.39 is 0 Å². The molecule has 17 heavy (non-hydrogen) atoms. The number of fused-ring (bicyclic) bond motifs is 1. The molecule has 3 aromatic rings. The predicted octanol–water partition coefficient (Wildman–Crippen LogP) is 3.58. The summed E-state index contributed by atoms with van der Waals surface area (Å²) in [5.41, 5.74) is 2.21. The zero-order valence-electron chi connectivity index (χ0n) is 9.18. The highest BCUT2D eigenvalue weighted by atomic mass is 35.5.